The SMILES string of the molecule is CN1C(=O)C(C)(C)Oc2cc(-c3ccnc(Nc4ccc(N5CC6CC5CN6C)c(F)c4)n3)cnc21. The number of nitrogens with one attached hydrogen (secondary N) is 1. The number of likely N-dealkylation sites (tertiary alicyclic amines) is 1. The molecule has 0 radical (unpaired) electrons. The summed E-state index contributed by atoms with van der Waals surface area (Å²) in [5, 5.41) is 3.11. The Hall–Kier alpha value is -3.79. The summed E-state index contributed by atoms with van der Waals surface area (Å²) < 4.78 is 21.0. The number of piperazine rings is 1. The van der Waals surface area contributed by atoms with Gasteiger partial charge < -0.3 is 15.0 Å². The van der Waals surface area contributed by atoms with Crippen LogP contribution in [0.4, 0.5) is 27.5 Å². The number of halogens is 1. The van der Waals surface area contributed by atoms with E-state index >= 15 is 4.39 Å². The Bertz CT molecular complexity index is 1360. The number of carbonyl (C=O) groups excluding carboxylic acids is 1. The van der Waals surface area contributed by atoms with Crippen LogP contribution in [0.15, 0.2) is 42.7 Å². The Morgan fingerprint density at radius 1 is 1.11 bits per heavy atom. The molecule has 1 aromatic carbocycles. The number of rotatable bonds is 4. The van der Waals surface area contributed by atoms with Crippen LogP contribution in [0.1, 0.15) is 20.3 Å². The Morgan fingerprint density at radius 2 is 1.94 bits per heavy atom. The predicted molar refractivity (Wildman–Crippen MR) is 135 cm³/mol. The molecule has 2 unspecified atom stereocenters. The molecular weight excluding hydrogens is 461 g/mol. The fraction of sp³-hybridized carbons (Fsp3) is 0.385. The van der Waals surface area contributed by atoms with Gasteiger partial charge in [-0.1, -0.05) is 0 Å². The normalized spacial score (nSPS) is 22.5. The van der Waals surface area contributed by atoms with E-state index in [2.05, 4.69) is 37.1 Å². The molecule has 2 atom stereocenters. The third-order valence-corrected chi connectivity index (χ3v) is 7.31. The number of ether oxygens (including phenoxy) is 1. The average molecular weight is 490 g/mol. The molecule has 2 saturated heterocycles. The van der Waals surface area contributed by atoms with Crippen molar-refractivity contribution in [1.82, 2.24) is 19.9 Å². The summed E-state index contributed by atoms with van der Waals surface area (Å²) in [6.45, 7) is 5.28. The minimum atomic E-state index is -0.985. The van der Waals surface area contributed by atoms with Gasteiger partial charge in [0, 0.05) is 55.9 Å². The summed E-state index contributed by atoms with van der Waals surface area (Å²) in [7, 11) is 3.81. The van der Waals surface area contributed by atoms with Gasteiger partial charge in [-0.15, -0.1) is 0 Å². The lowest BCUT2D eigenvalue weighted by Gasteiger charge is -2.36. The van der Waals surface area contributed by atoms with Gasteiger partial charge in [0.05, 0.1) is 11.4 Å². The molecule has 36 heavy (non-hydrogen) atoms. The molecule has 186 valence electrons. The van der Waals surface area contributed by atoms with Crippen LogP contribution in [-0.4, -0.2) is 70.6 Å². The molecule has 2 bridgehead atoms. The Balaban J connectivity index is 1.22. The first-order chi connectivity index (χ1) is 17.2. The number of carbonyl (C=O) groups is 1. The van der Waals surface area contributed by atoms with Crippen LogP contribution >= 0.6 is 0 Å². The lowest BCUT2D eigenvalue weighted by atomic mass is 10.1. The summed E-state index contributed by atoms with van der Waals surface area (Å²) in [6, 6.07) is 9.62. The first kappa shape index (κ1) is 22.7. The number of benzene rings is 1. The number of likely N-dealkylation sites (N-methyl/N-ethyl adjacent to an activating group) is 2. The van der Waals surface area contributed by atoms with Gasteiger partial charge in [0.15, 0.2) is 17.2 Å². The number of amides is 1. The molecule has 0 saturated carbocycles. The van der Waals surface area contributed by atoms with Gasteiger partial charge in [0.25, 0.3) is 5.91 Å². The highest BCUT2D eigenvalue weighted by Gasteiger charge is 2.42. The number of nitrogens with zero attached hydrogens (tertiary/aromatic N) is 6. The number of fused-ring (bicyclic) bond motifs is 3. The van der Waals surface area contributed by atoms with Gasteiger partial charge in [-0.2, -0.15) is 0 Å². The number of anilines is 4. The van der Waals surface area contributed by atoms with Gasteiger partial charge in [-0.3, -0.25) is 14.6 Å². The molecule has 0 spiro atoms. The van der Waals surface area contributed by atoms with Crippen molar-refractivity contribution in [2.45, 2.75) is 38.0 Å². The third kappa shape index (κ3) is 3.72. The fourth-order valence-corrected chi connectivity index (χ4v) is 5.41. The van der Waals surface area contributed by atoms with E-state index in [0.29, 0.717) is 52.2 Å². The van der Waals surface area contributed by atoms with E-state index in [-0.39, 0.29) is 11.7 Å². The fourth-order valence-electron chi connectivity index (χ4n) is 5.41. The first-order valence-corrected chi connectivity index (χ1v) is 12.0. The largest absolute Gasteiger partial charge is 0.474 e. The Labute approximate surface area is 208 Å². The van der Waals surface area contributed by atoms with E-state index in [4.69, 9.17) is 4.74 Å². The molecular formula is C26H28FN7O2. The summed E-state index contributed by atoms with van der Waals surface area (Å²) in [5.74, 6) is 0.888. The zero-order valence-electron chi connectivity index (χ0n) is 20.7. The van der Waals surface area contributed by atoms with Crippen LogP contribution in [-0.2, 0) is 4.79 Å². The van der Waals surface area contributed by atoms with Crippen molar-refractivity contribution in [1.29, 1.82) is 0 Å². The van der Waals surface area contributed by atoms with Crippen LogP contribution in [0.5, 0.6) is 5.75 Å². The van der Waals surface area contributed by atoms with Crippen LogP contribution < -0.4 is 19.9 Å². The van der Waals surface area contributed by atoms with Crippen molar-refractivity contribution in [2.75, 3.05) is 42.3 Å². The van der Waals surface area contributed by atoms with Crippen molar-refractivity contribution in [3.05, 3.63) is 48.5 Å². The highest BCUT2D eigenvalue weighted by Crippen LogP contribution is 2.38. The molecule has 6 rings (SSSR count). The summed E-state index contributed by atoms with van der Waals surface area (Å²) in [5.41, 5.74) is 1.57. The molecule has 10 heteroatoms. The highest BCUT2D eigenvalue weighted by molar-refractivity contribution is 6.01. The van der Waals surface area contributed by atoms with E-state index in [1.165, 1.54) is 11.0 Å². The Morgan fingerprint density at radius 3 is 2.67 bits per heavy atom. The quantitative estimate of drug-likeness (QED) is 0.597. The van der Waals surface area contributed by atoms with Crippen LogP contribution in [0.25, 0.3) is 11.3 Å². The molecule has 2 fully saturated rings. The second-order valence-electron chi connectivity index (χ2n) is 10.2. The molecule has 2 aromatic heterocycles. The number of pyridine rings is 1. The maximum absolute atomic E-state index is 15.1. The summed E-state index contributed by atoms with van der Waals surface area (Å²) >= 11 is 0. The van der Waals surface area contributed by atoms with Gasteiger partial charge >= 0.3 is 0 Å². The Kier molecular flexibility index (Phi) is 5.11. The summed E-state index contributed by atoms with van der Waals surface area (Å²) in [4.78, 5) is 31.8. The van der Waals surface area contributed by atoms with Crippen LogP contribution in [0.2, 0.25) is 0 Å². The molecule has 1 N–H and O–H groups in total. The standard InChI is InChI=1S/C26H28FN7O2/c1-26(2)24(35)33(4)23-22(36-26)9-15(12-29-23)20-7-8-28-25(31-20)30-16-5-6-21(19(27)10-16)34-14-17-11-18(34)13-32(17)3/h5-10,12,17-18H,11,13-14H2,1-4H3,(H,28,30,31). The monoisotopic (exact) mass is 489 g/mol. The molecule has 9 nitrogen and oxygen atoms in total. The molecule has 5 heterocycles. The zero-order chi connectivity index (χ0) is 25.2. The maximum atomic E-state index is 15.1. The molecule has 3 aliphatic rings. The lowest BCUT2D eigenvalue weighted by Crippen LogP contribution is -2.51. The van der Waals surface area contributed by atoms with Crippen molar-refractivity contribution in [2.24, 2.45) is 0 Å². The average Bonchev–Trinajstić information content (AvgIpc) is 3.42. The summed E-state index contributed by atoms with van der Waals surface area (Å²) in [6.07, 6.45) is 4.36. The second-order valence-corrected chi connectivity index (χ2v) is 10.2. The van der Waals surface area contributed by atoms with E-state index in [1.807, 2.05) is 18.2 Å². The lowest BCUT2D eigenvalue weighted by molar-refractivity contribution is -0.132. The molecule has 1 amide bonds. The van der Waals surface area contributed by atoms with Crippen molar-refractivity contribution >= 4 is 29.0 Å². The molecule has 3 aliphatic heterocycles. The van der Waals surface area contributed by atoms with Crippen LogP contribution in [0.3, 0.4) is 0 Å². The van der Waals surface area contributed by atoms with Gasteiger partial charge in [-0.05, 0) is 57.6 Å². The zero-order valence-corrected chi connectivity index (χ0v) is 20.7. The van der Waals surface area contributed by atoms with E-state index in [9.17, 15) is 4.79 Å². The van der Waals surface area contributed by atoms with Crippen molar-refractivity contribution < 1.29 is 13.9 Å². The third-order valence-electron chi connectivity index (χ3n) is 7.31. The predicted octanol–water partition coefficient (Wildman–Crippen LogP) is 3.45. The molecule has 0 aliphatic carbocycles. The van der Waals surface area contributed by atoms with E-state index in [1.54, 1.807) is 39.4 Å². The minimum Gasteiger partial charge on any atom is -0.474 e. The second kappa shape index (κ2) is 8.12. The van der Waals surface area contributed by atoms with Crippen molar-refractivity contribution in [3.63, 3.8) is 0 Å². The smallest absolute Gasteiger partial charge is 0.271 e. The topological polar surface area (TPSA) is 86.7 Å². The van der Waals surface area contributed by atoms with E-state index in [0.717, 1.165) is 19.5 Å². The molecule has 3 aromatic rings. The number of hydrogen-bond acceptors (Lipinski definition) is 8. The number of hydrogen-bond donors (Lipinski definition) is 1. The maximum Gasteiger partial charge on any atom is 0.271 e. The number of aromatic nitrogens is 3. The van der Waals surface area contributed by atoms with E-state index < -0.39 is 5.60 Å². The van der Waals surface area contributed by atoms with Gasteiger partial charge in [0.2, 0.25) is 5.95 Å². The van der Waals surface area contributed by atoms with Crippen molar-refractivity contribution in [3.8, 4) is 17.0 Å². The van der Waals surface area contributed by atoms with Gasteiger partial charge in [-0.25, -0.2) is 19.3 Å². The highest BCUT2D eigenvalue weighted by atomic mass is 19.1. The minimum absolute atomic E-state index is 0.161. The van der Waals surface area contributed by atoms with Gasteiger partial charge in [0.1, 0.15) is 5.82 Å². The first-order valence-electron chi connectivity index (χ1n) is 12.0. The van der Waals surface area contributed by atoms with Crippen LogP contribution in [0, 0.1) is 5.82 Å².